The van der Waals surface area contributed by atoms with Crippen molar-refractivity contribution < 1.29 is 13.2 Å². The van der Waals surface area contributed by atoms with Crippen molar-refractivity contribution in [3.63, 3.8) is 0 Å². The predicted octanol–water partition coefficient (Wildman–Crippen LogP) is 1.01. The molecule has 0 radical (unpaired) electrons. The summed E-state index contributed by atoms with van der Waals surface area (Å²) in [7, 11) is -3.77. The average molecular weight is 290 g/mol. The van der Waals surface area contributed by atoms with Gasteiger partial charge in [-0.05, 0) is 36.4 Å². The maximum absolute atomic E-state index is 11.8. The van der Waals surface area contributed by atoms with Gasteiger partial charge in [-0.1, -0.05) is 6.92 Å². The largest absolute Gasteiger partial charge is 0.365 e. The van der Waals surface area contributed by atoms with E-state index in [1.54, 1.807) is 10.3 Å². The summed E-state index contributed by atoms with van der Waals surface area (Å²) < 4.78 is 24.7. The molecule has 0 aromatic heterocycles. The van der Waals surface area contributed by atoms with E-state index in [2.05, 4.69) is 10.6 Å². The minimum Gasteiger partial charge on any atom is -0.365 e. The molecule has 3 N–H and O–H groups in total. The zero-order valence-electron chi connectivity index (χ0n) is 9.53. The highest BCUT2D eigenvalue weighted by Crippen LogP contribution is 2.24. The van der Waals surface area contributed by atoms with Gasteiger partial charge in [0.05, 0.1) is 16.6 Å². The third kappa shape index (κ3) is 2.29. The standard InChI is InChI=1S/C10H12ClN3O3S/c1-2-9-12-8-4-3-6(18(16,17)14-11)5-7(8)10(15)13-9/h3-5,9,12,14H,2H2,1H3,(H,13,15). The summed E-state index contributed by atoms with van der Waals surface area (Å²) in [6.45, 7) is 1.93. The first kappa shape index (κ1) is 13.1. The van der Waals surface area contributed by atoms with Gasteiger partial charge in [-0.15, -0.1) is 4.24 Å². The van der Waals surface area contributed by atoms with Crippen LogP contribution >= 0.6 is 11.8 Å². The molecular formula is C10H12ClN3O3S. The molecule has 6 nitrogen and oxygen atoms in total. The molecule has 1 aromatic rings. The number of carbonyl (C=O) groups is 1. The van der Waals surface area contributed by atoms with Crippen LogP contribution in [-0.4, -0.2) is 20.5 Å². The Hall–Kier alpha value is -1.31. The number of rotatable bonds is 3. The van der Waals surface area contributed by atoms with Crippen molar-refractivity contribution in [2.75, 3.05) is 5.32 Å². The number of benzene rings is 1. The lowest BCUT2D eigenvalue weighted by molar-refractivity contribution is 0.0935. The topological polar surface area (TPSA) is 87.3 Å². The van der Waals surface area contributed by atoms with E-state index in [0.29, 0.717) is 5.69 Å². The van der Waals surface area contributed by atoms with Crippen molar-refractivity contribution in [2.45, 2.75) is 24.4 Å². The number of anilines is 1. The van der Waals surface area contributed by atoms with Crippen molar-refractivity contribution in [3.8, 4) is 0 Å². The van der Waals surface area contributed by atoms with Crippen LogP contribution in [0, 0.1) is 0 Å². The average Bonchev–Trinajstić information content (AvgIpc) is 2.38. The van der Waals surface area contributed by atoms with Gasteiger partial charge in [-0.3, -0.25) is 4.79 Å². The lowest BCUT2D eigenvalue weighted by Gasteiger charge is -2.27. The van der Waals surface area contributed by atoms with Crippen molar-refractivity contribution in [1.82, 2.24) is 9.56 Å². The Morgan fingerprint density at radius 3 is 2.72 bits per heavy atom. The number of hydrogen-bond donors (Lipinski definition) is 3. The summed E-state index contributed by atoms with van der Waals surface area (Å²) in [5.74, 6) is -0.303. The van der Waals surface area contributed by atoms with Gasteiger partial charge in [0.25, 0.3) is 15.9 Å². The molecule has 8 heteroatoms. The number of carbonyl (C=O) groups excluding carboxylic acids is 1. The van der Waals surface area contributed by atoms with Gasteiger partial charge in [0.15, 0.2) is 0 Å². The SMILES string of the molecule is CCC1NC(=O)c2cc(S(=O)(=O)NCl)ccc2N1. The lowest BCUT2D eigenvalue weighted by Crippen LogP contribution is -2.44. The molecular weight excluding hydrogens is 278 g/mol. The number of sulfonamides is 1. The minimum atomic E-state index is -3.77. The third-order valence-electron chi connectivity index (χ3n) is 2.69. The van der Waals surface area contributed by atoms with Gasteiger partial charge in [-0.25, -0.2) is 8.42 Å². The molecule has 0 fully saturated rings. The van der Waals surface area contributed by atoms with E-state index in [1.165, 1.54) is 12.1 Å². The van der Waals surface area contributed by atoms with E-state index in [9.17, 15) is 13.2 Å². The van der Waals surface area contributed by atoms with Crippen LogP contribution in [0.1, 0.15) is 23.7 Å². The summed E-state index contributed by atoms with van der Waals surface area (Å²) in [4.78, 5) is 11.8. The molecule has 1 atom stereocenters. The van der Waals surface area contributed by atoms with Crippen LogP contribution in [0.4, 0.5) is 5.69 Å². The van der Waals surface area contributed by atoms with E-state index in [-0.39, 0.29) is 22.5 Å². The Morgan fingerprint density at radius 1 is 1.39 bits per heavy atom. The Morgan fingerprint density at radius 2 is 2.11 bits per heavy atom. The monoisotopic (exact) mass is 289 g/mol. The van der Waals surface area contributed by atoms with Gasteiger partial charge < -0.3 is 10.6 Å². The lowest BCUT2D eigenvalue weighted by atomic mass is 10.1. The molecule has 1 aromatic carbocycles. The fourth-order valence-electron chi connectivity index (χ4n) is 1.71. The van der Waals surface area contributed by atoms with Crippen molar-refractivity contribution in [2.24, 2.45) is 0 Å². The van der Waals surface area contributed by atoms with E-state index in [1.807, 2.05) is 6.92 Å². The smallest absolute Gasteiger partial charge is 0.255 e. The highest BCUT2D eigenvalue weighted by atomic mass is 35.5. The summed E-state index contributed by atoms with van der Waals surface area (Å²) in [5.41, 5.74) is 0.895. The molecule has 1 aliphatic heterocycles. The van der Waals surface area contributed by atoms with E-state index in [0.717, 1.165) is 6.42 Å². The van der Waals surface area contributed by atoms with Gasteiger partial charge in [0.2, 0.25) is 0 Å². The summed E-state index contributed by atoms with van der Waals surface area (Å²) in [6, 6.07) is 4.23. The molecule has 1 unspecified atom stereocenters. The number of hydrogen-bond acceptors (Lipinski definition) is 4. The summed E-state index contributed by atoms with van der Waals surface area (Å²) in [5, 5.41) is 5.81. The van der Waals surface area contributed by atoms with E-state index in [4.69, 9.17) is 11.8 Å². The Labute approximate surface area is 110 Å². The molecule has 0 bridgehead atoms. The van der Waals surface area contributed by atoms with Gasteiger partial charge in [-0.2, -0.15) is 0 Å². The first-order chi connectivity index (χ1) is 8.47. The van der Waals surface area contributed by atoms with Gasteiger partial charge >= 0.3 is 0 Å². The van der Waals surface area contributed by atoms with E-state index < -0.39 is 10.0 Å². The number of fused-ring (bicyclic) bond motifs is 1. The molecule has 1 amide bonds. The molecule has 1 aliphatic rings. The number of halogens is 1. The molecule has 0 saturated heterocycles. The Kier molecular flexibility index (Phi) is 3.47. The molecule has 18 heavy (non-hydrogen) atoms. The maximum atomic E-state index is 11.8. The molecule has 98 valence electrons. The minimum absolute atomic E-state index is 0.0526. The first-order valence-electron chi connectivity index (χ1n) is 5.32. The molecule has 0 saturated carbocycles. The quantitative estimate of drug-likeness (QED) is 0.725. The fourth-order valence-corrected chi connectivity index (χ4v) is 2.59. The highest BCUT2D eigenvalue weighted by Gasteiger charge is 2.24. The normalized spacial score (nSPS) is 18.8. The van der Waals surface area contributed by atoms with Crippen molar-refractivity contribution in [1.29, 1.82) is 0 Å². The second-order valence-electron chi connectivity index (χ2n) is 3.87. The second kappa shape index (κ2) is 4.75. The number of amides is 1. The zero-order chi connectivity index (χ0) is 13.3. The Bertz CT molecular complexity index is 588. The van der Waals surface area contributed by atoms with Crippen LogP contribution in [-0.2, 0) is 10.0 Å². The van der Waals surface area contributed by atoms with Crippen molar-refractivity contribution in [3.05, 3.63) is 23.8 Å². The van der Waals surface area contributed by atoms with Gasteiger partial charge in [0, 0.05) is 5.69 Å². The second-order valence-corrected chi connectivity index (χ2v) is 5.96. The summed E-state index contributed by atoms with van der Waals surface area (Å²) in [6.07, 6.45) is 0.590. The van der Waals surface area contributed by atoms with Crippen LogP contribution in [0.25, 0.3) is 0 Å². The van der Waals surface area contributed by atoms with Crippen LogP contribution < -0.4 is 14.9 Å². The van der Waals surface area contributed by atoms with Crippen LogP contribution in [0.2, 0.25) is 0 Å². The van der Waals surface area contributed by atoms with Crippen LogP contribution in [0.15, 0.2) is 23.1 Å². The first-order valence-corrected chi connectivity index (χ1v) is 7.18. The van der Waals surface area contributed by atoms with Crippen molar-refractivity contribution >= 4 is 33.4 Å². The van der Waals surface area contributed by atoms with Gasteiger partial charge in [0.1, 0.15) is 0 Å². The third-order valence-corrected chi connectivity index (χ3v) is 4.38. The maximum Gasteiger partial charge on any atom is 0.255 e. The predicted molar refractivity (Wildman–Crippen MR) is 67.8 cm³/mol. The zero-order valence-corrected chi connectivity index (χ0v) is 11.1. The molecule has 0 spiro atoms. The Balaban J connectivity index is 2.46. The van der Waals surface area contributed by atoms with Crippen LogP contribution in [0.3, 0.4) is 0 Å². The summed E-state index contributed by atoms with van der Waals surface area (Å²) >= 11 is 5.14. The molecule has 0 aliphatic carbocycles. The highest BCUT2D eigenvalue weighted by molar-refractivity contribution is 7.90. The number of nitrogens with one attached hydrogen (secondary N) is 3. The fraction of sp³-hybridized carbons (Fsp3) is 0.300. The van der Waals surface area contributed by atoms with E-state index >= 15 is 0 Å². The molecule has 1 heterocycles. The molecule has 2 rings (SSSR count). The van der Waals surface area contributed by atoms with Crippen LogP contribution in [0.5, 0.6) is 0 Å².